The lowest BCUT2D eigenvalue weighted by Gasteiger charge is -2.21. The summed E-state index contributed by atoms with van der Waals surface area (Å²) in [4.78, 5) is 4.35. The number of hydrogen-bond acceptors (Lipinski definition) is 2. The number of nitrogens with one attached hydrogen (secondary N) is 1. The van der Waals surface area contributed by atoms with Crippen LogP contribution in [0.2, 0.25) is 0 Å². The van der Waals surface area contributed by atoms with Crippen molar-refractivity contribution >= 4 is 0 Å². The lowest BCUT2D eigenvalue weighted by molar-refractivity contribution is 0.403. The van der Waals surface area contributed by atoms with Crippen LogP contribution in [-0.4, -0.2) is 11.0 Å². The lowest BCUT2D eigenvalue weighted by atomic mass is 10.0. The Hall–Kier alpha value is -0.890. The molecule has 0 saturated carbocycles. The van der Waals surface area contributed by atoms with Gasteiger partial charge in [-0.05, 0) is 38.3 Å². The van der Waals surface area contributed by atoms with E-state index in [0.29, 0.717) is 12.1 Å². The number of nitrogens with zero attached hydrogens (tertiary/aromatic N) is 1. The van der Waals surface area contributed by atoms with Crippen molar-refractivity contribution in [2.45, 2.75) is 46.2 Å². The molecular formula is C13H22N2. The molecule has 1 aromatic heterocycles. The Kier molecular flexibility index (Phi) is 4.76. The first kappa shape index (κ1) is 12.2. The number of hydrogen-bond donors (Lipinski definition) is 1. The van der Waals surface area contributed by atoms with Gasteiger partial charge in [0.25, 0.3) is 0 Å². The maximum Gasteiger partial charge on any atom is 0.0570 e. The third-order valence-corrected chi connectivity index (χ3v) is 2.49. The molecule has 0 radical (unpaired) electrons. The summed E-state index contributed by atoms with van der Waals surface area (Å²) in [5, 5.41) is 3.56. The molecule has 2 atom stereocenters. The SMILES string of the molecule is CC(C)C[C@H](C)N[C@@H](C)c1ccccn1. The quantitative estimate of drug-likeness (QED) is 0.800. The Balaban J connectivity index is 2.45. The highest BCUT2D eigenvalue weighted by Gasteiger charge is 2.10. The molecule has 1 heterocycles. The minimum Gasteiger partial charge on any atom is -0.306 e. The molecular weight excluding hydrogens is 184 g/mol. The van der Waals surface area contributed by atoms with Gasteiger partial charge in [0.1, 0.15) is 0 Å². The van der Waals surface area contributed by atoms with Gasteiger partial charge < -0.3 is 5.32 Å². The third-order valence-electron chi connectivity index (χ3n) is 2.49. The van der Waals surface area contributed by atoms with Crippen LogP contribution in [0.1, 0.15) is 45.9 Å². The molecule has 0 spiro atoms. The fourth-order valence-corrected chi connectivity index (χ4v) is 1.92. The van der Waals surface area contributed by atoms with Crippen molar-refractivity contribution in [2.24, 2.45) is 5.92 Å². The Morgan fingerprint density at radius 3 is 2.47 bits per heavy atom. The molecule has 0 aliphatic heterocycles. The zero-order chi connectivity index (χ0) is 11.3. The van der Waals surface area contributed by atoms with E-state index in [9.17, 15) is 0 Å². The van der Waals surface area contributed by atoms with E-state index >= 15 is 0 Å². The molecule has 0 aromatic carbocycles. The van der Waals surface area contributed by atoms with E-state index in [1.807, 2.05) is 18.3 Å². The van der Waals surface area contributed by atoms with Gasteiger partial charge in [-0.25, -0.2) is 0 Å². The van der Waals surface area contributed by atoms with Gasteiger partial charge in [0, 0.05) is 18.3 Å². The van der Waals surface area contributed by atoms with Crippen molar-refractivity contribution in [1.29, 1.82) is 0 Å². The standard InChI is InChI=1S/C13H22N2/c1-10(2)9-11(3)15-12(4)13-7-5-6-8-14-13/h5-8,10-12,15H,9H2,1-4H3/t11-,12-/m0/s1. The lowest BCUT2D eigenvalue weighted by Crippen LogP contribution is -2.30. The Morgan fingerprint density at radius 1 is 1.20 bits per heavy atom. The van der Waals surface area contributed by atoms with E-state index in [-0.39, 0.29) is 0 Å². The summed E-state index contributed by atoms with van der Waals surface area (Å²) in [6.45, 7) is 8.91. The number of rotatable bonds is 5. The average molecular weight is 206 g/mol. The molecule has 84 valence electrons. The van der Waals surface area contributed by atoms with Gasteiger partial charge in [-0.3, -0.25) is 4.98 Å². The van der Waals surface area contributed by atoms with Gasteiger partial charge in [0.05, 0.1) is 5.69 Å². The van der Waals surface area contributed by atoms with Crippen LogP contribution in [0.15, 0.2) is 24.4 Å². The van der Waals surface area contributed by atoms with Gasteiger partial charge in [0.15, 0.2) is 0 Å². The van der Waals surface area contributed by atoms with E-state index < -0.39 is 0 Å². The Bertz CT molecular complexity index is 269. The van der Waals surface area contributed by atoms with Crippen molar-refractivity contribution in [3.63, 3.8) is 0 Å². The van der Waals surface area contributed by atoms with E-state index in [2.05, 4.69) is 44.1 Å². The second-order valence-electron chi connectivity index (χ2n) is 4.67. The van der Waals surface area contributed by atoms with Crippen molar-refractivity contribution < 1.29 is 0 Å². The maximum absolute atomic E-state index is 4.35. The fourth-order valence-electron chi connectivity index (χ4n) is 1.92. The van der Waals surface area contributed by atoms with Crippen LogP contribution in [-0.2, 0) is 0 Å². The van der Waals surface area contributed by atoms with Crippen molar-refractivity contribution in [3.8, 4) is 0 Å². The molecule has 0 aliphatic carbocycles. The number of pyridine rings is 1. The summed E-state index contributed by atoms with van der Waals surface area (Å²) in [6.07, 6.45) is 3.05. The number of aromatic nitrogens is 1. The van der Waals surface area contributed by atoms with E-state index in [1.54, 1.807) is 0 Å². The minimum absolute atomic E-state index is 0.333. The van der Waals surface area contributed by atoms with Crippen LogP contribution in [0.5, 0.6) is 0 Å². The fraction of sp³-hybridized carbons (Fsp3) is 0.615. The summed E-state index contributed by atoms with van der Waals surface area (Å²) in [5.41, 5.74) is 1.12. The van der Waals surface area contributed by atoms with Gasteiger partial charge in [-0.2, -0.15) is 0 Å². The van der Waals surface area contributed by atoms with E-state index in [4.69, 9.17) is 0 Å². The molecule has 0 fully saturated rings. The van der Waals surface area contributed by atoms with Crippen molar-refractivity contribution in [3.05, 3.63) is 30.1 Å². The van der Waals surface area contributed by atoms with Crippen LogP contribution in [0.3, 0.4) is 0 Å². The summed E-state index contributed by atoms with van der Waals surface area (Å²) < 4.78 is 0. The highest BCUT2D eigenvalue weighted by atomic mass is 15.0. The van der Waals surface area contributed by atoms with Crippen molar-refractivity contribution in [1.82, 2.24) is 10.3 Å². The smallest absolute Gasteiger partial charge is 0.0570 e. The first-order valence-corrected chi connectivity index (χ1v) is 5.76. The second kappa shape index (κ2) is 5.86. The molecule has 1 rings (SSSR count). The van der Waals surface area contributed by atoms with Crippen LogP contribution in [0, 0.1) is 5.92 Å². The van der Waals surface area contributed by atoms with Gasteiger partial charge in [0.2, 0.25) is 0 Å². The summed E-state index contributed by atoms with van der Waals surface area (Å²) >= 11 is 0. The Labute approximate surface area is 93.1 Å². The molecule has 15 heavy (non-hydrogen) atoms. The van der Waals surface area contributed by atoms with Crippen molar-refractivity contribution in [2.75, 3.05) is 0 Å². The summed E-state index contributed by atoms with van der Waals surface area (Å²) in [6, 6.07) is 6.93. The maximum atomic E-state index is 4.35. The highest BCUT2D eigenvalue weighted by molar-refractivity contribution is 5.07. The predicted molar refractivity (Wildman–Crippen MR) is 64.7 cm³/mol. The monoisotopic (exact) mass is 206 g/mol. The molecule has 0 saturated heterocycles. The van der Waals surface area contributed by atoms with Crippen LogP contribution >= 0.6 is 0 Å². The van der Waals surface area contributed by atoms with E-state index in [1.165, 1.54) is 6.42 Å². The normalized spacial score (nSPS) is 15.3. The first-order chi connectivity index (χ1) is 7.09. The second-order valence-corrected chi connectivity index (χ2v) is 4.67. The predicted octanol–water partition coefficient (Wildman–Crippen LogP) is 3.17. The molecule has 2 heteroatoms. The van der Waals surface area contributed by atoms with Crippen LogP contribution in [0.25, 0.3) is 0 Å². The zero-order valence-corrected chi connectivity index (χ0v) is 10.2. The molecule has 0 bridgehead atoms. The third kappa shape index (κ3) is 4.43. The molecule has 1 aromatic rings. The average Bonchev–Trinajstić information content (AvgIpc) is 2.17. The van der Waals surface area contributed by atoms with Gasteiger partial charge in [-0.1, -0.05) is 19.9 Å². The zero-order valence-electron chi connectivity index (χ0n) is 10.2. The van der Waals surface area contributed by atoms with Crippen LogP contribution < -0.4 is 5.32 Å². The molecule has 0 amide bonds. The Morgan fingerprint density at radius 2 is 1.93 bits per heavy atom. The molecule has 0 unspecified atom stereocenters. The van der Waals surface area contributed by atoms with Crippen LogP contribution in [0.4, 0.5) is 0 Å². The molecule has 2 nitrogen and oxygen atoms in total. The van der Waals surface area contributed by atoms with Gasteiger partial charge >= 0.3 is 0 Å². The largest absolute Gasteiger partial charge is 0.306 e. The topological polar surface area (TPSA) is 24.9 Å². The first-order valence-electron chi connectivity index (χ1n) is 5.76. The summed E-state index contributed by atoms with van der Waals surface area (Å²) in [7, 11) is 0. The minimum atomic E-state index is 0.333. The summed E-state index contributed by atoms with van der Waals surface area (Å²) in [5.74, 6) is 0.739. The molecule has 0 aliphatic rings. The molecule has 1 N–H and O–H groups in total. The van der Waals surface area contributed by atoms with E-state index in [0.717, 1.165) is 11.6 Å². The highest BCUT2D eigenvalue weighted by Crippen LogP contribution is 2.12. The van der Waals surface area contributed by atoms with Gasteiger partial charge in [-0.15, -0.1) is 0 Å².